The van der Waals surface area contributed by atoms with Crippen molar-refractivity contribution in [3.05, 3.63) is 42.8 Å². The predicted octanol–water partition coefficient (Wildman–Crippen LogP) is 2.14. The third kappa shape index (κ3) is 1.81. The Labute approximate surface area is 84.0 Å². The van der Waals surface area contributed by atoms with E-state index >= 15 is 0 Å². The number of rotatable bonds is 1. The molecule has 3 heteroatoms. The van der Waals surface area contributed by atoms with Crippen LogP contribution in [0, 0.1) is 6.07 Å². The van der Waals surface area contributed by atoms with Gasteiger partial charge in [0.2, 0.25) is 0 Å². The molecule has 63 valence electrons. The van der Waals surface area contributed by atoms with Crippen LogP contribution in [-0.4, -0.2) is 4.98 Å². The normalized spacial score (nSPS) is 9.00. The standard InChI is InChI=1S/C9H6NO.Ir/c1-2-4-8(5-3-1)9-10-6-7-11-9;/h1-4,6-7H;/q-1;. The Kier molecular flexibility index (Phi) is 3.20. The maximum atomic E-state index is 5.08. The first-order valence-corrected chi connectivity index (χ1v) is 3.33. The quantitative estimate of drug-likeness (QED) is 0.746. The molecule has 1 aromatic heterocycles. The summed E-state index contributed by atoms with van der Waals surface area (Å²) in [6, 6.07) is 10.6. The van der Waals surface area contributed by atoms with Gasteiger partial charge in [-0.05, 0) is 0 Å². The van der Waals surface area contributed by atoms with Crippen molar-refractivity contribution < 1.29 is 24.5 Å². The number of nitrogens with zero attached hydrogens (tertiary/aromatic N) is 1. The third-order valence-corrected chi connectivity index (χ3v) is 1.37. The molecule has 0 amide bonds. The SMILES string of the molecule is [Ir].[c-]1ccccc1-c1ncco1. The minimum atomic E-state index is 0. The first-order chi connectivity index (χ1) is 5.47. The molecule has 1 radical (unpaired) electrons. The van der Waals surface area contributed by atoms with Crippen molar-refractivity contribution in [2.45, 2.75) is 0 Å². The van der Waals surface area contributed by atoms with Gasteiger partial charge in [-0.2, -0.15) is 0 Å². The first kappa shape index (κ1) is 9.17. The van der Waals surface area contributed by atoms with Gasteiger partial charge in [-0.25, -0.2) is 0 Å². The van der Waals surface area contributed by atoms with Gasteiger partial charge in [0.1, 0.15) is 5.89 Å². The molecule has 0 atom stereocenters. The summed E-state index contributed by atoms with van der Waals surface area (Å²) < 4.78 is 5.08. The predicted molar refractivity (Wildman–Crippen MR) is 40.8 cm³/mol. The van der Waals surface area contributed by atoms with E-state index in [0.717, 1.165) is 5.56 Å². The molecular formula is C9H6IrNO-. The summed E-state index contributed by atoms with van der Waals surface area (Å²) in [7, 11) is 0. The van der Waals surface area contributed by atoms with Gasteiger partial charge in [0, 0.05) is 20.1 Å². The molecule has 0 aliphatic heterocycles. The van der Waals surface area contributed by atoms with Crippen molar-refractivity contribution in [2.24, 2.45) is 0 Å². The smallest absolute Gasteiger partial charge is 0.140 e. The molecule has 0 aliphatic carbocycles. The number of hydrogen-bond acceptors (Lipinski definition) is 2. The second-order valence-corrected chi connectivity index (χ2v) is 2.11. The van der Waals surface area contributed by atoms with Gasteiger partial charge in [-0.15, -0.1) is 30.3 Å². The van der Waals surface area contributed by atoms with Crippen LogP contribution in [0.25, 0.3) is 11.5 Å². The van der Waals surface area contributed by atoms with Crippen molar-refractivity contribution >= 4 is 0 Å². The van der Waals surface area contributed by atoms with Crippen LogP contribution in [0.2, 0.25) is 0 Å². The molecule has 12 heavy (non-hydrogen) atoms. The molecule has 0 aliphatic rings. The summed E-state index contributed by atoms with van der Waals surface area (Å²) in [6.45, 7) is 0. The van der Waals surface area contributed by atoms with Gasteiger partial charge in [0.05, 0.1) is 12.5 Å². The molecular weight excluding hydrogens is 330 g/mol. The average Bonchev–Trinajstić information content (AvgIpc) is 2.58. The summed E-state index contributed by atoms with van der Waals surface area (Å²) in [5.41, 5.74) is 0.887. The van der Waals surface area contributed by atoms with Gasteiger partial charge < -0.3 is 4.42 Å². The van der Waals surface area contributed by atoms with Gasteiger partial charge >= 0.3 is 0 Å². The Morgan fingerprint density at radius 2 is 2.25 bits per heavy atom. The zero-order valence-electron chi connectivity index (χ0n) is 6.15. The van der Waals surface area contributed by atoms with Crippen LogP contribution in [-0.2, 0) is 20.1 Å². The maximum Gasteiger partial charge on any atom is 0.140 e. The molecule has 1 aromatic carbocycles. The fourth-order valence-corrected chi connectivity index (χ4v) is 0.883. The van der Waals surface area contributed by atoms with Crippen molar-refractivity contribution in [2.75, 3.05) is 0 Å². The topological polar surface area (TPSA) is 26.0 Å². The van der Waals surface area contributed by atoms with Crippen LogP contribution in [0.3, 0.4) is 0 Å². The average molecular weight is 336 g/mol. The Morgan fingerprint density at radius 1 is 1.33 bits per heavy atom. The van der Waals surface area contributed by atoms with E-state index in [1.165, 1.54) is 0 Å². The van der Waals surface area contributed by atoms with Crippen LogP contribution in [0.5, 0.6) is 0 Å². The van der Waals surface area contributed by atoms with Gasteiger partial charge in [0.15, 0.2) is 0 Å². The fourth-order valence-electron chi connectivity index (χ4n) is 0.883. The van der Waals surface area contributed by atoms with E-state index in [1.807, 2.05) is 24.3 Å². The van der Waals surface area contributed by atoms with Crippen LogP contribution in [0.4, 0.5) is 0 Å². The summed E-state index contributed by atoms with van der Waals surface area (Å²) in [5.74, 6) is 0.616. The van der Waals surface area contributed by atoms with Gasteiger partial charge in [0.25, 0.3) is 0 Å². The second kappa shape index (κ2) is 4.19. The van der Waals surface area contributed by atoms with Crippen molar-refractivity contribution in [3.8, 4) is 11.5 Å². The number of hydrogen-bond donors (Lipinski definition) is 0. The molecule has 2 nitrogen and oxygen atoms in total. The van der Waals surface area contributed by atoms with E-state index in [4.69, 9.17) is 4.42 Å². The minimum absolute atomic E-state index is 0. The molecule has 0 N–H and O–H groups in total. The van der Waals surface area contributed by atoms with Crippen LogP contribution >= 0.6 is 0 Å². The molecule has 0 saturated heterocycles. The van der Waals surface area contributed by atoms with E-state index < -0.39 is 0 Å². The van der Waals surface area contributed by atoms with E-state index in [9.17, 15) is 0 Å². The number of oxazole rings is 1. The van der Waals surface area contributed by atoms with E-state index in [1.54, 1.807) is 12.5 Å². The molecule has 0 bridgehead atoms. The zero-order valence-corrected chi connectivity index (χ0v) is 8.55. The van der Waals surface area contributed by atoms with Crippen LogP contribution in [0.1, 0.15) is 0 Å². The fraction of sp³-hybridized carbons (Fsp3) is 0. The first-order valence-electron chi connectivity index (χ1n) is 3.33. The van der Waals surface area contributed by atoms with Crippen molar-refractivity contribution in [1.29, 1.82) is 0 Å². The molecule has 0 saturated carbocycles. The summed E-state index contributed by atoms with van der Waals surface area (Å²) in [4.78, 5) is 3.99. The molecule has 0 fully saturated rings. The zero-order chi connectivity index (χ0) is 7.52. The third-order valence-electron chi connectivity index (χ3n) is 1.37. The van der Waals surface area contributed by atoms with E-state index in [2.05, 4.69) is 11.1 Å². The monoisotopic (exact) mass is 337 g/mol. The molecule has 2 rings (SSSR count). The van der Waals surface area contributed by atoms with Gasteiger partial charge in [-0.1, -0.05) is 5.56 Å². The summed E-state index contributed by atoms with van der Waals surface area (Å²) >= 11 is 0. The summed E-state index contributed by atoms with van der Waals surface area (Å²) in [5, 5.41) is 0. The number of benzene rings is 1. The van der Waals surface area contributed by atoms with Crippen molar-refractivity contribution in [3.63, 3.8) is 0 Å². The van der Waals surface area contributed by atoms with E-state index in [0.29, 0.717) is 5.89 Å². The largest absolute Gasteiger partial charge is 0.489 e. The Bertz CT molecular complexity index is 318. The Balaban J connectivity index is 0.000000720. The summed E-state index contributed by atoms with van der Waals surface area (Å²) in [6.07, 6.45) is 3.17. The van der Waals surface area contributed by atoms with Crippen LogP contribution in [0.15, 0.2) is 41.1 Å². The molecule has 1 heterocycles. The Hall–Kier alpha value is -0.921. The van der Waals surface area contributed by atoms with Gasteiger partial charge in [-0.3, -0.25) is 4.98 Å². The molecule has 2 aromatic rings. The minimum Gasteiger partial charge on any atom is -0.489 e. The van der Waals surface area contributed by atoms with Crippen molar-refractivity contribution in [1.82, 2.24) is 4.98 Å². The van der Waals surface area contributed by atoms with E-state index in [-0.39, 0.29) is 20.1 Å². The Morgan fingerprint density at radius 3 is 2.83 bits per heavy atom. The van der Waals surface area contributed by atoms with Crippen LogP contribution < -0.4 is 0 Å². The molecule has 0 spiro atoms. The second-order valence-electron chi connectivity index (χ2n) is 2.11. The number of aromatic nitrogens is 1. The maximum absolute atomic E-state index is 5.08. The molecule has 0 unspecified atom stereocenters.